The molecular formula is C9H12N6O. The Bertz CT molecular complexity index is 451. The molecule has 7 nitrogen and oxygen atoms in total. The van der Waals surface area contributed by atoms with Gasteiger partial charge in [0.2, 0.25) is 11.8 Å². The van der Waals surface area contributed by atoms with Gasteiger partial charge in [-0.05, 0) is 16.0 Å². The number of aryl methyl sites for hydroxylation is 1. The summed E-state index contributed by atoms with van der Waals surface area (Å²) in [6.07, 6.45) is 1.75. The van der Waals surface area contributed by atoms with Crippen molar-refractivity contribution in [2.75, 3.05) is 12.4 Å². The van der Waals surface area contributed by atoms with Crippen LogP contribution in [-0.4, -0.2) is 32.3 Å². The van der Waals surface area contributed by atoms with Crippen molar-refractivity contribution in [3.63, 3.8) is 0 Å². The van der Waals surface area contributed by atoms with Crippen LogP contribution in [0.5, 0.6) is 5.88 Å². The number of anilines is 1. The minimum atomic E-state index is 0.601. The van der Waals surface area contributed by atoms with Crippen LogP contribution in [0, 0.1) is 0 Å². The standard InChI is InChI=1S/C9H12N6O/c1-15-9(12-13-14-15)11-6-7-3-4-8(16-2)10-5-7/h3-5H,6H2,1-2H3,(H,11,12,14). The Labute approximate surface area is 92.4 Å². The van der Waals surface area contributed by atoms with E-state index in [4.69, 9.17) is 4.74 Å². The van der Waals surface area contributed by atoms with E-state index in [9.17, 15) is 0 Å². The van der Waals surface area contributed by atoms with Crippen LogP contribution in [-0.2, 0) is 13.6 Å². The summed E-state index contributed by atoms with van der Waals surface area (Å²) < 4.78 is 6.54. The first kappa shape index (κ1) is 10.3. The third-order valence-electron chi connectivity index (χ3n) is 2.08. The van der Waals surface area contributed by atoms with Crippen LogP contribution in [0.4, 0.5) is 5.95 Å². The van der Waals surface area contributed by atoms with Gasteiger partial charge in [-0.25, -0.2) is 9.67 Å². The molecule has 7 heteroatoms. The number of rotatable bonds is 4. The number of ether oxygens (including phenoxy) is 1. The fraction of sp³-hybridized carbons (Fsp3) is 0.333. The molecule has 0 atom stereocenters. The van der Waals surface area contributed by atoms with Gasteiger partial charge in [0.15, 0.2) is 0 Å². The van der Waals surface area contributed by atoms with Crippen molar-refractivity contribution in [2.24, 2.45) is 7.05 Å². The summed E-state index contributed by atoms with van der Waals surface area (Å²) in [6.45, 7) is 0.616. The van der Waals surface area contributed by atoms with E-state index < -0.39 is 0 Å². The summed E-state index contributed by atoms with van der Waals surface area (Å²) in [6, 6.07) is 3.74. The van der Waals surface area contributed by atoms with Gasteiger partial charge < -0.3 is 10.1 Å². The Balaban J connectivity index is 1.97. The average molecular weight is 220 g/mol. The lowest BCUT2D eigenvalue weighted by molar-refractivity contribution is 0.397. The van der Waals surface area contributed by atoms with Gasteiger partial charge in [0, 0.05) is 25.9 Å². The summed E-state index contributed by atoms with van der Waals surface area (Å²) in [5, 5.41) is 14.1. The van der Waals surface area contributed by atoms with Gasteiger partial charge >= 0.3 is 0 Å². The van der Waals surface area contributed by atoms with Gasteiger partial charge in [0.1, 0.15) is 0 Å². The molecule has 0 spiro atoms. The summed E-state index contributed by atoms with van der Waals surface area (Å²) in [7, 11) is 3.36. The van der Waals surface area contributed by atoms with Crippen LogP contribution in [0.3, 0.4) is 0 Å². The molecule has 0 fully saturated rings. The maximum atomic E-state index is 4.97. The highest BCUT2D eigenvalue weighted by atomic mass is 16.5. The second kappa shape index (κ2) is 4.56. The van der Waals surface area contributed by atoms with Crippen molar-refractivity contribution in [1.29, 1.82) is 0 Å². The number of aromatic nitrogens is 5. The van der Waals surface area contributed by atoms with Crippen LogP contribution in [0.2, 0.25) is 0 Å². The van der Waals surface area contributed by atoms with Crippen LogP contribution >= 0.6 is 0 Å². The fourth-order valence-electron chi connectivity index (χ4n) is 1.20. The van der Waals surface area contributed by atoms with E-state index in [0.29, 0.717) is 18.4 Å². The normalized spacial score (nSPS) is 10.1. The Hall–Kier alpha value is -2.18. The van der Waals surface area contributed by atoms with Crippen molar-refractivity contribution in [3.8, 4) is 5.88 Å². The van der Waals surface area contributed by atoms with Crippen molar-refractivity contribution < 1.29 is 4.74 Å². The molecule has 0 bridgehead atoms. The topological polar surface area (TPSA) is 77.8 Å². The lowest BCUT2D eigenvalue weighted by Crippen LogP contribution is -2.06. The van der Waals surface area contributed by atoms with E-state index in [1.165, 1.54) is 0 Å². The van der Waals surface area contributed by atoms with Crippen molar-refractivity contribution in [3.05, 3.63) is 23.9 Å². The third kappa shape index (κ3) is 2.25. The molecule has 0 aliphatic rings. The third-order valence-corrected chi connectivity index (χ3v) is 2.08. The molecule has 1 N–H and O–H groups in total. The first-order valence-electron chi connectivity index (χ1n) is 4.75. The molecule has 0 aliphatic carbocycles. The predicted molar refractivity (Wildman–Crippen MR) is 56.9 cm³/mol. The first-order chi connectivity index (χ1) is 7.79. The average Bonchev–Trinajstić information content (AvgIpc) is 2.73. The van der Waals surface area contributed by atoms with Crippen LogP contribution in [0.25, 0.3) is 0 Å². The van der Waals surface area contributed by atoms with Crippen LogP contribution in [0.15, 0.2) is 18.3 Å². The zero-order valence-electron chi connectivity index (χ0n) is 9.08. The molecule has 2 heterocycles. The summed E-state index contributed by atoms with van der Waals surface area (Å²) in [5.41, 5.74) is 1.03. The fourth-order valence-corrected chi connectivity index (χ4v) is 1.20. The zero-order valence-corrected chi connectivity index (χ0v) is 9.08. The maximum Gasteiger partial charge on any atom is 0.242 e. The van der Waals surface area contributed by atoms with Gasteiger partial charge in [0.25, 0.3) is 0 Å². The second-order valence-electron chi connectivity index (χ2n) is 3.19. The van der Waals surface area contributed by atoms with Gasteiger partial charge in [-0.1, -0.05) is 11.2 Å². The van der Waals surface area contributed by atoms with Crippen molar-refractivity contribution in [1.82, 2.24) is 25.2 Å². The lowest BCUT2D eigenvalue weighted by atomic mass is 10.3. The Morgan fingerprint density at radius 1 is 1.44 bits per heavy atom. The molecule has 0 radical (unpaired) electrons. The van der Waals surface area contributed by atoms with Crippen LogP contribution < -0.4 is 10.1 Å². The zero-order chi connectivity index (χ0) is 11.4. The molecule has 2 rings (SSSR count). The van der Waals surface area contributed by atoms with E-state index in [1.807, 2.05) is 12.1 Å². The minimum Gasteiger partial charge on any atom is -0.481 e. The van der Waals surface area contributed by atoms with E-state index in [1.54, 1.807) is 25.0 Å². The molecule has 0 saturated heterocycles. The molecule has 0 unspecified atom stereocenters. The van der Waals surface area contributed by atoms with Gasteiger partial charge in [-0.3, -0.25) is 0 Å². The highest BCUT2D eigenvalue weighted by Gasteiger charge is 2.01. The molecule has 84 valence electrons. The molecule has 0 amide bonds. The summed E-state index contributed by atoms with van der Waals surface area (Å²) in [4.78, 5) is 4.10. The summed E-state index contributed by atoms with van der Waals surface area (Å²) >= 11 is 0. The predicted octanol–water partition coefficient (Wildman–Crippen LogP) is 0.226. The monoisotopic (exact) mass is 220 g/mol. The number of nitrogens with one attached hydrogen (secondary N) is 1. The van der Waals surface area contributed by atoms with E-state index in [-0.39, 0.29) is 0 Å². The van der Waals surface area contributed by atoms with Crippen molar-refractivity contribution >= 4 is 5.95 Å². The Morgan fingerprint density at radius 3 is 2.88 bits per heavy atom. The Kier molecular flexibility index (Phi) is 2.95. The number of methoxy groups -OCH3 is 1. The molecule has 0 aliphatic heterocycles. The first-order valence-corrected chi connectivity index (χ1v) is 4.75. The largest absolute Gasteiger partial charge is 0.481 e. The lowest BCUT2D eigenvalue weighted by Gasteiger charge is -2.04. The molecule has 0 saturated carbocycles. The van der Waals surface area contributed by atoms with Gasteiger partial charge in [-0.15, -0.1) is 0 Å². The SMILES string of the molecule is COc1ccc(CNc2nnnn2C)cn1. The van der Waals surface area contributed by atoms with Crippen LogP contribution in [0.1, 0.15) is 5.56 Å². The molecule has 16 heavy (non-hydrogen) atoms. The number of pyridine rings is 1. The molecular weight excluding hydrogens is 208 g/mol. The second-order valence-corrected chi connectivity index (χ2v) is 3.19. The number of hydrogen-bond donors (Lipinski definition) is 1. The highest BCUT2D eigenvalue weighted by molar-refractivity contribution is 5.26. The van der Waals surface area contributed by atoms with Gasteiger partial charge in [-0.2, -0.15) is 0 Å². The van der Waals surface area contributed by atoms with Gasteiger partial charge in [0.05, 0.1) is 7.11 Å². The highest BCUT2D eigenvalue weighted by Crippen LogP contribution is 2.08. The number of tetrazole rings is 1. The molecule has 2 aromatic heterocycles. The quantitative estimate of drug-likeness (QED) is 0.794. The molecule has 2 aromatic rings. The smallest absolute Gasteiger partial charge is 0.242 e. The van der Waals surface area contributed by atoms with Crippen molar-refractivity contribution in [2.45, 2.75) is 6.54 Å². The summed E-state index contributed by atoms with van der Waals surface area (Å²) in [5.74, 6) is 1.22. The van der Waals surface area contributed by atoms with E-state index in [2.05, 4.69) is 25.8 Å². The number of nitrogens with zero attached hydrogens (tertiary/aromatic N) is 5. The number of hydrogen-bond acceptors (Lipinski definition) is 6. The minimum absolute atomic E-state index is 0.601. The van der Waals surface area contributed by atoms with E-state index in [0.717, 1.165) is 5.56 Å². The van der Waals surface area contributed by atoms with E-state index >= 15 is 0 Å². The maximum absolute atomic E-state index is 4.97. The Morgan fingerprint density at radius 2 is 2.31 bits per heavy atom. The molecule has 0 aromatic carbocycles.